The summed E-state index contributed by atoms with van der Waals surface area (Å²) in [5, 5.41) is 13.8. The summed E-state index contributed by atoms with van der Waals surface area (Å²) in [6, 6.07) is 12.6. The Labute approximate surface area is 119 Å². The second-order valence-corrected chi connectivity index (χ2v) is 4.69. The monoisotopic (exact) mass is 320 g/mol. The zero-order valence-corrected chi connectivity index (χ0v) is 11.9. The van der Waals surface area contributed by atoms with E-state index in [-0.39, 0.29) is 5.75 Å². The molecule has 0 aliphatic rings. The normalized spacial score (nSPS) is 10.6. The van der Waals surface area contributed by atoms with Gasteiger partial charge in [0, 0.05) is 10.0 Å². The van der Waals surface area contributed by atoms with E-state index in [0.29, 0.717) is 11.3 Å². The Morgan fingerprint density at radius 2 is 2.05 bits per heavy atom. The van der Waals surface area contributed by atoms with E-state index in [9.17, 15) is 5.11 Å². The molecule has 2 aromatic rings. The van der Waals surface area contributed by atoms with Gasteiger partial charge in [-0.25, -0.2) is 0 Å². The third kappa shape index (κ3) is 3.48. The minimum atomic E-state index is 0.175. The van der Waals surface area contributed by atoms with Gasteiger partial charge in [0.1, 0.15) is 11.5 Å². The molecule has 98 valence electrons. The van der Waals surface area contributed by atoms with E-state index in [1.807, 2.05) is 24.3 Å². The van der Waals surface area contributed by atoms with Crippen LogP contribution in [0.4, 0.5) is 5.69 Å². The summed E-state index contributed by atoms with van der Waals surface area (Å²) in [5.41, 5.74) is 4.26. The maximum absolute atomic E-state index is 9.67. The number of benzene rings is 2. The first-order chi connectivity index (χ1) is 9.20. The lowest BCUT2D eigenvalue weighted by molar-refractivity contribution is 0.416. The summed E-state index contributed by atoms with van der Waals surface area (Å²) in [6.45, 7) is 0. The molecule has 0 aliphatic heterocycles. The Bertz CT molecular complexity index is 600. The predicted molar refractivity (Wildman–Crippen MR) is 80.0 cm³/mol. The number of anilines is 1. The molecule has 0 aromatic heterocycles. The van der Waals surface area contributed by atoms with Gasteiger partial charge in [0.25, 0.3) is 0 Å². The van der Waals surface area contributed by atoms with Gasteiger partial charge in [0.2, 0.25) is 0 Å². The molecule has 2 aromatic carbocycles. The van der Waals surface area contributed by atoms with Crippen molar-refractivity contribution in [2.45, 2.75) is 0 Å². The Morgan fingerprint density at radius 1 is 1.26 bits per heavy atom. The molecular weight excluding hydrogens is 308 g/mol. The van der Waals surface area contributed by atoms with Gasteiger partial charge in [-0.3, -0.25) is 5.43 Å². The Kier molecular flexibility index (Phi) is 4.41. The highest BCUT2D eigenvalue weighted by atomic mass is 79.9. The lowest BCUT2D eigenvalue weighted by Crippen LogP contribution is -1.94. The maximum atomic E-state index is 9.67. The third-order valence-electron chi connectivity index (χ3n) is 2.49. The molecule has 0 unspecified atom stereocenters. The van der Waals surface area contributed by atoms with E-state index in [4.69, 9.17) is 4.74 Å². The number of halogens is 1. The van der Waals surface area contributed by atoms with Gasteiger partial charge in [-0.05, 0) is 30.3 Å². The van der Waals surface area contributed by atoms with Crippen molar-refractivity contribution in [3.8, 4) is 11.5 Å². The van der Waals surface area contributed by atoms with Crippen molar-refractivity contribution in [2.24, 2.45) is 5.10 Å². The molecule has 0 bridgehead atoms. The molecule has 2 N–H and O–H groups in total. The fourth-order valence-electron chi connectivity index (χ4n) is 1.54. The zero-order chi connectivity index (χ0) is 13.7. The molecule has 0 amide bonds. The van der Waals surface area contributed by atoms with Crippen LogP contribution in [0.5, 0.6) is 11.5 Å². The van der Waals surface area contributed by atoms with E-state index in [1.54, 1.807) is 31.5 Å². The third-order valence-corrected chi connectivity index (χ3v) is 2.98. The molecule has 5 heteroatoms. The second-order valence-electron chi connectivity index (χ2n) is 3.77. The highest BCUT2D eigenvalue weighted by Crippen LogP contribution is 2.23. The average molecular weight is 321 g/mol. The Balaban J connectivity index is 2.13. The number of phenols is 1. The van der Waals surface area contributed by atoms with Crippen LogP contribution in [0.25, 0.3) is 0 Å². The van der Waals surface area contributed by atoms with Crippen LogP contribution in [0, 0.1) is 0 Å². The number of hydrogen-bond donors (Lipinski definition) is 2. The minimum absolute atomic E-state index is 0.175. The lowest BCUT2D eigenvalue weighted by atomic mass is 10.2. The first kappa shape index (κ1) is 13.4. The van der Waals surface area contributed by atoms with E-state index in [1.165, 1.54) is 0 Å². The van der Waals surface area contributed by atoms with Crippen LogP contribution in [0.3, 0.4) is 0 Å². The van der Waals surface area contributed by atoms with Gasteiger partial charge in [-0.1, -0.05) is 28.1 Å². The Hall–Kier alpha value is -2.01. The number of nitrogens with zero attached hydrogens (tertiary/aromatic N) is 1. The van der Waals surface area contributed by atoms with Crippen LogP contribution < -0.4 is 10.2 Å². The van der Waals surface area contributed by atoms with Crippen molar-refractivity contribution < 1.29 is 9.84 Å². The summed E-state index contributed by atoms with van der Waals surface area (Å²) in [4.78, 5) is 0. The first-order valence-corrected chi connectivity index (χ1v) is 6.40. The van der Waals surface area contributed by atoms with Crippen molar-refractivity contribution in [3.63, 3.8) is 0 Å². The standard InChI is InChI=1S/C14H13BrN2O2/c1-19-14-5-3-2-4-12(14)17-16-9-10-8-11(15)6-7-13(10)18/h2-9,17-18H,1H3/b16-9-. The topological polar surface area (TPSA) is 53.8 Å². The SMILES string of the molecule is COc1ccccc1N/N=C\c1cc(Br)ccc1O. The number of hydrogen-bond acceptors (Lipinski definition) is 4. The number of hydrazone groups is 1. The van der Waals surface area contributed by atoms with Crippen LogP contribution in [0.15, 0.2) is 52.0 Å². The molecule has 4 nitrogen and oxygen atoms in total. The molecule has 0 saturated heterocycles. The highest BCUT2D eigenvalue weighted by molar-refractivity contribution is 9.10. The fourth-order valence-corrected chi connectivity index (χ4v) is 1.92. The summed E-state index contributed by atoms with van der Waals surface area (Å²) in [7, 11) is 1.60. The summed E-state index contributed by atoms with van der Waals surface area (Å²) >= 11 is 3.34. The van der Waals surface area contributed by atoms with Crippen molar-refractivity contribution in [1.29, 1.82) is 0 Å². The smallest absolute Gasteiger partial charge is 0.143 e. The Morgan fingerprint density at radius 3 is 2.84 bits per heavy atom. The minimum Gasteiger partial charge on any atom is -0.507 e. The van der Waals surface area contributed by atoms with Crippen molar-refractivity contribution in [2.75, 3.05) is 12.5 Å². The van der Waals surface area contributed by atoms with Crippen molar-refractivity contribution in [3.05, 3.63) is 52.5 Å². The molecule has 19 heavy (non-hydrogen) atoms. The van der Waals surface area contributed by atoms with E-state index >= 15 is 0 Å². The van der Waals surface area contributed by atoms with E-state index in [2.05, 4.69) is 26.5 Å². The van der Waals surface area contributed by atoms with Crippen LogP contribution in [-0.4, -0.2) is 18.4 Å². The number of ether oxygens (including phenoxy) is 1. The number of rotatable bonds is 4. The molecule has 2 rings (SSSR count). The van der Waals surface area contributed by atoms with Gasteiger partial charge in [-0.15, -0.1) is 0 Å². The van der Waals surface area contributed by atoms with Gasteiger partial charge in [-0.2, -0.15) is 5.10 Å². The molecule has 0 fully saturated rings. The highest BCUT2D eigenvalue weighted by Gasteiger charge is 2.00. The zero-order valence-electron chi connectivity index (χ0n) is 10.3. The summed E-state index contributed by atoms with van der Waals surface area (Å²) in [6.07, 6.45) is 1.55. The van der Waals surface area contributed by atoms with Gasteiger partial charge < -0.3 is 9.84 Å². The number of nitrogens with one attached hydrogen (secondary N) is 1. The largest absolute Gasteiger partial charge is 0.507 e. The van der Waals surface area contributed by atoms with Crippen molar-refractivity contribution in [1.82, 2.24) is 0 Å². The maximum Gasteiger partial charge on any atom is 0.143 e. The number of para-hydroxylation sites is 2. The molecule has 0 aliphatic carbocycles. The molecule has 0 radical (unpaired) electrons. The lowest BCUT2D eigenvalue weighted by Gasteiger charge is -2.06. The number of methoxy groups -OCH3 is 1. The van der Waals surface area contributed by atoms with Crippen LogP contribution in [-0.2, 0) is 0 Å². The number of phenolic OH excluding ortho intramolecular Hbond substituents is 1. The quantitative estimate of drug-likeness (QED) is 0.668. The molecule has 0 heterocycles. The van der Waals surface area contributed by atoms with Crippen LogP contribution >= 0.6 is 15.9 Å². The van der Waals surface area contributed by atoms with Crippen molar-refractivity contribution >= 4 is 27.8 Å². The first-order valence-electron chi connectivity index (χ1n) is 5.61. The second kappa shape index (κ2) is 6.24. The molecular formula is C14H13BrN2O2. The van der Waals surface area contributed by atoms with Gasteiger partial charge in [0.05, 0.1) is 19.0 Å². The van der Waals surface area contributed by atoms with Gasteiger partial charge >= 0.3 is 0 Å². The fraction of sp³-hybridized carbons (Fsp3) is 0.0714. The van der Waals surface area contributed by atoms with Crippen LogP contribution in [0.2, 0.25) is 0 Å². The number of aromatic hydroxyl groups is 1. The van der Waals surface area contributed by atoms with E-state index in [0.717, 1.165) is 10.2 Å². The summed E-state index contributed by atoms with van der Waals surface area (Å²) < 4.78 is 6.08. The van der Waals surface area contributed by atoms with Gasteiger partial charge in [0.15, 0.2) is 0 Å². The molecule has 0 saturated carbocycles. The van der Waals surface area contributed by atoms with E-state index < -0.39 is 0 Å². The summed E-state index contributed by atoms with van der Waals surface area (Å²) in [5.74, 6) is 0.881. The van der Waals surface area contributed by atoms with Crippen LogP contribution in [0.1, 0.15) is 5.56 Å². The predicted octanol–water partition coefficient (Wildman–Crippen LogP) is 3.61. The average Bonchev–Trinajstić information content (AvgIpc) is 2.43. The molecule has 0 spiro atoms. The molecule has 0 atom stereocenters.